The summed E-state index contributed by atoms with van der Waals surface area (Å²) < 4.78 is 2.01. The number of amides is 2. The van der Waals surface area contributed by atoms with Gasteiger partial charge in [-0.2, -0.15) is 0 Å². The fourth-order valence-electron chi connectivity index (χ4n) is 4.02. The van der Waals surface area contributed by atoms with Crippen molar-refractivity contribution in [3.63, 3.8) is 0 Å². The lowest BCUT2D eigenvalue weighted by atomic mass is 9.77. The summed E-state index contributed by atoms with van der Waals surface area (Å²) in [7, 11) is 0. The molecular formula is C20H30N4O2. The summed E-state index contributed by atoms with van der Waals surface area (Å²) >= 11 is 0. The SMILES string of the molecule is CC(C)=CCN1CC2(CCN(C(=O)CCn3ccnc3C)CC2)CC1=O. The molecule has 3 rings (SSSR count). The monoisotopic (exact) mass is 358 g/mol. The third-order valence-electron chi connectivity index (χ3n) is 5.79. The van der Waals surface area contributed by atoms with Crippen molar-refractivity contribution in [2.45, 2.75) is 53.0 Å². The molecule has 3 heterocycles. The van der Waals surface area contributed by atoms with Crippen molar-refractivity contribution in [1.82, 2.24) is 19.4 Å². The lowest BCUT2D eigenvalue weighted by Crippen LogP contribution is -2.44. The van der Waals surface area contributed by atoms with E-state index in [-0.39, 0.29) is 17.2 Å². The van der Waals surface area contributed by atoms with Gasteiger partial charge in [-0.05, 0) is 33.6 Å². The number of nitrogens with zero attached hydrogens (tertiary/aromatic N) is 4. The molecule has 0 aliphatic carbocycles. The van der Waals surface area contributed by atoms with Gasteiger partial charge in [0.25, 0.3) is 0 Å². The molecule has 0 unspecified atom stereocenters. The van der Waals surface area contributed by atoms with E-state index in [4.69, 9.17) is 0 Å². The van der Waals surface area contributed by atoms with Gasteiger partial charge in [0, 0.05) is 63.4 Å². The molecule has 1 aromatic heterocycles. The van der Waals surface area contributed by atoms with Crippen LogP contribution in [0.1, 0.15) is 45.4 Å². The summed E-state index contributed by atoms with van der Waals surface area (Å²) in [5.41, 5.74) is 1.32. The first-order chi connectivity index (χ1) is 12.4. The van der Waals surface area contributed by atoms with E-state index in [1.807, 2.05) is 27.5 Å². The van der Waals surface area contributed by atoms with Crippen LogP contribution in [0.25, 0.3) is 0 Å². The van der Waals surface area contributed by atoms with E-state index in [0.717, 1.165) is 44.8 Å². The van der Waals surface area contributed by atoms with Gasteiger partial charge in [-0.15, -0.1) is 0 Å². The second-order valence-electron chi connectivity index (χ2n) is 8.03. The largest absolute Gasteiger partial charge is 0.343 e. The minimum atomic E-state index is 0.0737. The minimum Gasteiger partial charge on any atom is -0.343 e. The van der Waals surface area contributed by atoms with E-state index < -0.39 is 0 Å². The van der Waals surface area contributed by atoms with Crippen molar-refractivity contribution >= 4 is 11.8 Å². The Labute approximate surface area is 155 Å². The lowest BCUT2D eigenvalue weighted by Gasteiger charge is -2.38. The van der Waals surface area contributed by atoms with Crippen LogP contribution in [0, 0.1) is 12.3 Å². The molecule has 1 spiro atoms. The van der Waals surface area contributed by atoms with Crippen LogP contribution in [0.15, 0.2) is 24.0 Å². The van der Waals surface area contributed by atoms with Crippen LogP contribution in [0.5, 0.6) is 0 Å². The quantitative estimate of drug-likeness (QED) is 0.760. The van der Waals surface area contributed by atoms with Crippen molar-refractivity contribution in [2.24, 2.45) is 5.41 Å². The Kier molecular flexibility index (Phi) is 5.49. The Morgan fingerprint density at radius 1 is 1.31 bits per heavy atom. The topological polar surface area (TPSA) is 58.4 Å². The number of carbonyl (C=O) groups excluding carboxylic acids is 2. The first-order valence-corrected chi connectivity index (χ1v) is 9.55. The van der Waals surface area contributed by atoms with Crippen LogP contribution in [0.2, 0.25) is 0 Å². The Bertz CT molecular complexity index is 694. The molecule has 0 radical (unpaired) electrons. The van der Waals surface area contributed by atoms with Gasteiger partial charge in [0.1, 0.15) is 5.82 Å². The van der Waals surface area contributed by atoms with E-state index in [0.29, 0.717) is 19.4 Å². The van der Waals surface area contributed by atoms with Gasteiger partial charge in [0.2, 0.25) is 11.8 Å². The van der Waals surface area contributed by atoms with Gasteiger partial charge in [0.15, 0.2) is 0 Å². The maximum atomic E-state index is 12.5. The molecule has 0 N–H and O–H groups in total. The summed E-state index contributed by atoms with van der Waals surface area (Å²) in [5.74, 6) is 1.41. The highest BCUT2D eigenvalue weighted by molar-refractivity contribution is 5.80. The summed E-state index contributed by atoms with van der Waals surface area (Å²) in [6, 6.07) is 0. The fourth-order valence-corrected chi connectivity index (χ4v) is 4.02. The maximum absolute atomic E-state index is 12.5. The first kappa shape index (κ1) is 18.7. The molecule has 142 valence electrons. The molecule has 0 bridgehead atoms. The highest BCUT2D eigenvalue weighted by Gasteiger charge is 2.44. The molecule has 1 aromatic rings. The molecular weight excluding hydrogens is 328 g/mol. The first-order valence-electron chi connectivity index (χ1n) is 9.55. The number of piperidine rings is 1. The number of hydrogen-bond donors (Lipinski definition) is 0. The number of likely N-dealkylation sites (tertiary alicyclic amines) is 2. The number of aryl methyl sites for hydroxylation is 2. The molecule has 2 amide bonds. The van der Waals surface area contributed by atoms with Crippen LogP contribution in [0.3, 0.4) is 0 Å². The number of imidazole rings is 1. The van der Waals surface area contributed by atoms with Gasteiger partial charge in [-0.1, -0.05) is 11.6 Å². The zero-order valence-electron chi connectivity index (χ0n) is 16.2. The summed E-state index contributed by atoms with van der Waals surface area (Å²) in [6.45, 7) is 9.85. The van der Waals surface area contributed by atoms with Crippen LogP contribution in [-0.4, -0.2) is 57.3 Å². The summed E-state index contributed by atoms with van der Waals surface area (Å²) in [5, 5.41) is 0. The average molecular weight is 358 g/mol. The van der Waals surface area contributed by atoms with Gasteiger partial charge in [-0.3, -0.25) is 9.59 Å². The Hall–Kier alpha value is -2.11. The van der Waals surface area contributed by atoms with Crippen molar-refractivity contribution < 1.29 is 9.59 Å². The van der Waals surface area contributed by atoms with Crippen molar-refractivity contribution in [3.05, 3.63) is 29.9 Å². The minimum absolute atomic E-state index is 0.0737. The molecule has 2 saturated heterocycles. The van der Waals surface area contributed by atoms with E-state index in [2.05, 4.69) is 24.9 Å². The second kappa shape index (κ2) is 7.64. The predicted molar refractivity (Wildman–Crippen MR) is 100 cm³/mol. The molecule has 0 saturated carbocycles. The molecule has 26 heavy (non-hydrogen) atoms. The van der Waals surface area contributed by atoms with Crippen LogP contribution >= 0.6 is 0 Å². The zero-order chi connectivity index (χ0) is 18.7. The maximum Gasteiger partial charge on any atom is 0.224 e. The number of aromatic nitrogens is 2. The lowest BCUT2D eigenvalue weighted by molar-refractivity contribution is -0.133. The van der Waals surface area contributed by atoms with Gasteiger partial charge < -0.3 is 14.4 Å². The van der Waals surface area contributed by atoms with Crippen LogP contribution in [-0.2, 0) is 16.1 Å². The smallest absolute Gasteiger partial charge is 0.224 e. The van der Waals surface area contributed by atoms with E-state index in [1.165, 1.54) is 5.57 Å². The van der Waals surface area contributed by atoms with E-state index in [1.54, 1.807) is 6.20 Å². The third kappa shape index (κ3) is 4.17. The summed E-state index contributed by atoms with van der Waals surface area (Å²) in [4.78, 5) is 33.0. The highest BCUT2D eigenvalue weighted by atomic mass is 16.2. The van der Waals surface area contributed by atoms with Crippen molar-refractivity contribution in [2.75, 3.05) is 26.2 Å². The molecule has 2 fully saturated rings. The molecule has 2 aliphatic heterocycles. The second-order valence-corrected chi connectivity index (χ2v) is 8.03. The average Bonchev–Trinajstić information content (AvgIpc) is 3.14. The van der Waals surface area contributed by atoms with E-state index >= 15 is 0 Å². The predicted octanol–water partition coefficient (Wildman–Crippen LogP) is 2.39. The van der Waals surface area contributed by atoms with Gasteiger partial charge >= 0.3 is 0 Å². The third-order valence-corrected chi connectivity index (χ3v) is 5.79. The summed E-state index contributed by atoms with van der Waals surface area (Å²) in [6.07, 6.45) is 8.81. The molecule has 2 aliphatic rings. The molecule has 6 nitrogen and oxygen atoms in total. The van der Waals surface area contributed by atoms with Gasteiger partial charge in [0.05, 0.1) is 0 Å². The Morgan fingerprint density at radius 2 is 2.04 bits per heavy atom. The number of allylic oxidation sites excluding steroid dienone is 1. The zero-order valence-corrected chi connectivity index (χ0v) is 16.2. The number of hydrogen-bond acceptors (Lipinski definition) is 3. The van der Waals surface area contributed by atoms with Crippen molar-refractivity contribution in [1.29, 1.82) is 0 Å². The fraction of sp³-hybridized carbons (Fsp3) is 0.650. The van der Waals surface area contributed by atoms with Crippen LogP contribution < -0.4 is 0 Å². The van der Waals surface area contributed by atoms with Crippen LogP contribution in [0.4, 0.5) is 0 Å². The number of rotatable bonds is 5. The Morgan fingerprint density at radius 3 is 2.65 bits per heavy atom. The molecule has 6 heteroatoms. The standard InChI is InChI=1S/C20H30N4O2/c1-16(2)4-9-24-15-20(14-19(24)26)6-11-23(12-7-20)18(25)5-10-22-13-8-21-17(22)3/h4,8,13H,5-7,9-12,14-15H2,1-3H3. The number of carbonyl (C=O) groups is 2. The molecule has 0 atom stereocenters. The normalized spacial score (nSPS) is 19.3. The van der Waals surface area contributed by atoms with E-state index in [9.17, 15) is 9.59 Å². The molecule has 0 aromatic carbocycles. The van der Waals surface area contributed by atoms with Gasteiger partial charge in [-0.25, -0.2) is 4.98 Å². The highest BCUT2D eigenvalue weighted by Crippen LogP contribution is 2.41. The Balaban J connectivity index is 1.49. The van der Waals surface area contributed by atoms with Crippen molar-refractivity contribution in [3.8, 4) is 0 Å².